The molecule has 0 aliphatic heterocycles. The minimum absolute atomic E-state index is 0. The Hall–Kier alpha value is -0.274. The molecule has 0 fully saturated rings. The Morgan fingerprint density at radius 1 is 0.429 bits per heavy atom. The van der Waals surface area contributed by atoms with Crippen LogP contribution in [0.4, 0.5) is 0 Å². The Balaban J connectivity index is 0.0000230. The van der Waals surface area contributed by atoms with Crippen molar-refractivity contribution in [2.75, 3.05) is 19.8 Å². The number of carboxylic acids is 1. The fraction of sp³-hybridized carbons (Fsp3) is 0.837. The largest absolute Gasteiger partial charge is 1.00 e. The van der Waals surface area contributed by atoms with Gasteiger partial charge < -0.3 is 24.1 Å². The first kappa shape index (κ1) is 48.7. The first-order valence-corrected chi connectivity index (χ1v) is 20.9. The van der Waals surface area contributed by atoms with E-state index in [2.05, 4.69) is 20.8 Å². The van der Waals surface area contributed by atoms with Crippen LogP contribution in [0.2, 0.25) is 0 Å². The third-order valence-electron chi connectivity index (χ3n) is 9.51. The van der Waals surface area contributed by atoms with Crippen molar-refractivity contribution in [3.63, 3.8) is 0 Å². The molecule has 0 heterocycles. The summed E-state index contributed by atoms with van der Waals surface area (Å²) in [5, 5.41) is 11.9. The van der Waals surface area contributed by atoms with E-state index in [0.29, 0.717) is 37.1 Å². The van der Waals surface area contributed by atoms with Gasteiger partial charge in [-0.25, -0.2) is 0 Å². The molecule has 0 aliphatic rings. The Morgan fingerprint density at radius 2 is 0.673 bits per heavy atom. The van der Waals surface area contributed by atoms with Crippen LogP contribution < -0.4 is 70.7 Å². The molecule has 1 rings (SSSR count). The monoisotopic (exact) mass is 713 g/mol. The van der Waals surface area contributed by atoms with Gasteiger partial charge in [-0.2, -0.15) is 0 Å². The van der Waals surface area contributed by atoms with Crippen LogP contribution in [0.3, 0.4) is 0 Å². The number of aromatic carboxylic acids is 1. The first-order valence-electron chi connectivity index (χ1n) is 20.9. The van der Waals surface area contributed by atoms with Gasteiger partial charge in [0, 0.05) is 5.56 Å². The third kappa shape index (κ3) is 28.9. The molecule has 280 valence electrons. The van der Waals surface area contributed by atoms with E-state index in [9.17, 15) is 9.90 Å². The van der Waals surface area contributed by atoms with Gasteiger partial charge in [0.25, 0.3) is 0 Å². The number of benzene rings is 1. The summed E-state index contributed by atoms with van der Waals surface area (Å²) in [4.78, 5) is 11.9. The number of rotatable bonds is 37. The summed E-state index contributed by atoms with van der Waals surface area (Å²) in [5.74, 6) is 0.273. The van der Waals surface area contributed by atoms with Gasteiger partial charge in [-0.3, -0.25) is 0 Å². The van der Waals surface area contributed by atoms with E-state index in [4.69, 9.17) is 14.2 Å². The van der Waals surface area contributed by atoms with Crippen LogP contribution in [0.1, 0.15) is 224 Å². The number of ether oxygens (including phenoxy) is 3. The SMILES string of the molecule is CCCCCCCCCCCCOc1cc(C(=O)[O-])cc(OCCCCCCCCCCCC)c1OCCCCCCCCCCCC.[K+]. The summed E-state index contributed by atoms with van der Waals surface area (Å²) in [7, 11) is 0. The molecule has 0 saturated carbocycles. The second-order valence-electron chi connectivity index (χ2n) is 14.2. The van der Waals surface area contributed by atoms with E-state index in [-0.39, 0.29) is 56.9 Å². The second kappa shape index (κ2) is 37.5. The molecule has 1 aromatic rings. The van der Waals surface area contributed by atoms with E-state index in [1.54, 1.807) is 12.1 Å². The molecule has 0 aliphatic carbocycles. The van der Waals surface area contributed by atoms with Gasteiger partial charge in [0.15, 0.2) is 11.5 Å². The smallest absolute Gasteiger partial charge is 0.545 e. The Morgan fingerprint density at radius 3 is 0.939 bits per heavy atom. The Kier molecular flexibility index (Phi) is 37.3. The van der Waals surface area contributed by atoms with Crippen LogP contribution in [-0.4, -0.2) is 25.8 Å². The minimum atomic E-state index is -1.22. The quantitative estimate of drug-likeness (QED) is 0.0508. The molecule has 0 unspecified atom stereocenters. The number of carboxylic acid groups (broad SMARTS) is 1. The van der Waals surface area contributed by atoms with Crippen LogP contribution in [-0.2, 0) is 0 Å². The predicted octanol–water partition coefficient (Wildman–Crippen LogP) is 9.95. The summed E-state index contributed by atoms with van der Waals surface area (Å²) in [6, 6.07) is 3.12. The second-order valence-corrected chi connectivity index (χ2v) is 14.2. The average Bonchev–Trinajstić information content (AvgIpc) is 3.08. The van der Waals surface area contributed by atoms with Crippen LogP contribution in [0, 0.1) is 0 Å². The van der Waals surface area contributed by atoms with Crippen LogP contribution in [0.15, 0.2) is 12.1 Å². The summed E-state index contributed by atoms with van der Waals surface area (Å²) in [5.41, 5.74) is 0.0810. The average molecular weight is 713 g/mol. The van der Waals surface area contributed by atoms with E-state index in [0.717, 1.165) is 38.5 Å². The molecular weight excluding hydrogens is 636 g/mol. The molecule has 0 radical (unpaired) electrons. The fourth-order valence-corrected chi connectivity index (χ4v) is 6.36. The fourth-order valence-electron chi connectivity index (χ4n) is 6.36. The molecule has 49 heavy (non-hydrogen) atoms. The van der Waals surface area contributed by atoms with Crippen molar-refractivity contribution >= 4 is 5.97 Å². The molecule has 1 aromatic carbocycles. The van der Waals surface area contributed by atoms with Crippen molar-refractivity contribution in [3.8, 4) is 17.2 Å². The van der Waals surface area contributed by atoms with Gasteiger partial charge in [-0.15, -0.1) is 0 Å². The van der Waals surface area contributed by atoms with Crippen molar-refractivity contribution in [1.29, 1.82) is 0 Å². The maximum absolute atomic E-state index is 11.9. The standard InChI is InChI=1S/C43H78O5.K/c1-4-7-10-13-16-19-22-25-28-31-34-46-40-37-39(43(44)45)38-41(47-35-32-29-26-23-20-17-14-11-8-5-2)42(40)48-36-33-30-27-24-21-18-15-12-9-6-3;/h37-38H,4-36H2,1-3H3,(H,44,45);/q;+1/p-1. The summed E-state index contributed by atoms with van der Waals surface area (Å²) in [6.45, 7) is 8.44. The molecule has 0 N–H and O–H groups in total. The van der Waals surface area contributed by atoms with Crippen molar-refractivity contribution in [3.05, 3.63) is 17.7 Å². The molecule has 6 heteroatoms. The molecule has 0 aromatic heterocycles. The maximum Gasteiger partial charge on any atom is 1.00 e. The molecular formula is C43H77KO5. The molecule has 0 bridgehead atoms. The number of hydrogen-bond donors (Lipinski definition) is 0. The Bertz CT molecular complexity index is 814. The molecule has 0 spiro atoms. The molecule has 0 amide bonds. The van der Waals surface area contributed by atoms with Gasteiger partial charge in [0.2, 0.25) is 5.75 Å². The minimum Gasteiger partial charge on any atom is -0.545 e. The molecule has 5 nitrogen and oxygen atoms in total. The summed E-state index contributed by atoms with van der Waals surface area (Å²) < 4.78 is 18.7. The number of carbonyl (C=O) groups excluding carboxylic acids is 1. The van der Waals surface area contributed by atoms with Crippen molar-refractivity contribution in [2.24, 2.45) is 0 Å². The zero-order valence-electron chi connectivity index (χ0n) is 33.0. The van der Waals surface area contributed by atoms with Gasteiger partial charge in [0.1, 0.15) is 0 Å². The van der Waals surface area contributed by atoms with E-state index in [1.807, 2.05) is 0 Å². The zero-order chi connectivity index (χ0) is 34.8. The number of hydrogen-bond acceptors (Lipinski definition) is 5. The van der Waals surface area contributed by atoms with Crippen LogP contribution in [0.25, 0.3) is 0 Å². The van der Waals surface area contributed by atoms with Crippen LogP contribution in [0.5, 0.6) is 17.2 Å². The van der Waals surface area contributed by atoms with Crippen molar-refractivity contribution < 1.29 is 75.5 Å². The van der Waals surface area contributed by atoms with Crippen LogP contribution >= 0.6 is 0 Å². The normalized spacial score (nSPS) is 11.0. The van der Waals surface area contributed by atoms with E-state index >= 15 is 0 Å². The van der Waals surface area contributed by atoms with Crippen molar-refractivity contribution in [1.82, 2.24) is 0 Å². The van der Waals surface area contributed by atoms with Crippen molar-refractivity contribution in [2.45, 2.75) is 213 Å². The summed E-state index contributed by atoms with van der Waals surface area (Å²) in [6.07, 6.45) is 37.8. The van der Waals surface area contributed by atoms with E-state index < -0.39 is 5.97 Å². The van der Waals surface area contributed by atoms with Gasteiger partial charge in [0.05, 0.1) is 25.8 Å². The molecule has 0 saturated heterocycles. The van der Waals surface area contributed by atoms with Gasteiger partial charge >= 0.3 is 51.4 Å². The topological polar surface area (TPSA) is 67.8 Å². The molecule has 0 atom stereocenters. The zero-order valence-corrected chi connectivity index (χ0v) is 36.2. The first-order chi connectivity index (χ1) is 23.6. The summed E-state index contributed by atoms with van der Waals surface area (Å²) >= 11 is 0. The Labute approximate surface area is 346 Å². The predicted molar refractivity (Wildman–Crippen MR) is 203 cm³/mol. The number of unbranched alkanes of at least 4 members (excludes halogenated alkanes) is 27. The van der Waals surface area contributed by atoms with Gasteiger partial charge in [-0.05, 0) is 31.4 Å². The van der Waals surface area contributed by atoms with E-state index in [1.165, 1.54) is 154 Å². The van der Waals surface area contributed by atoms with Gasteiger partial charge in [-0.1, -0.05) is 194 Å². The number of carbonyl (C=O) groups is 1. The third-order valence-corrected chi connectivity index (χ3v) is 9.51. The maximum atomic E-state index is 11.9.